The number of fused-ring (bicyclic) bond motifs is 1. The molecular formula is C23H25F2N2+. The molecular weight excluding hydrogens is 342 g/mol. The van der Waals surface area contributed by atoms with Gasteiger partial charge in [0.1, 0.15) is 6.20 Å². The Labute approximate surface area is 158 Å². The average molecular weight is 367 g/mol. The Morgan fingerprint density at radius 3 is 2.59 bits per heavy atom. The molecule has 1 unspecified atom stereocenters. The predicted molar refractivity (Wildman–Crippen MR) is 104 cm³/mol. The number of aryl methyl sites for hydroxylation is 3. The molecule has 0 spiro atoms. The summed E-state index contributed by atoms with van der Waals surface area (Å²) < 4.78 is 29.3. The van der Waals surface area contributed by atoms with Gasteiger partial charge in [-0.05, 0) is 78.5 Å². The number of hydrogen-bond acceptors (Lipinski definition) is 1. The number of rotatable bonds is 2. The third kappa shape index (κ3) is 3.33. The molecule has 1 aliphatic rings. The summed E-state index contributed by atoms with van der Waals surface area (Å²) in [5, 5.41) is 1.02. The maximum absolute atomic E-state index is 13.6. The van der Waals surface area contributed by atoms with E-state index >= 15 is 0 Å². The summed E-state index contributed by atoms with van der Waals surface area (Å²) >= 11 is 0. The third-order valence-corrected chi connectivity index (χ3v) is 5.88. The maximum Gasteiger partial charge on any atom is 0.331 e. The van der Waals surface area contributed by atoms with Crippen LogP contribution < -0.4 is 4.57 Å². The molecule has 1 aromatic heterocycles. The van der Waals surface area contributed by atoms with E-state index in [1.807, 2.05) is 29.8 Å². The quantitative estimate of drug-likeness (QED) is 0.542. The minimum absolute atomic E-state index is 0.0140. The molecule has 0 bridgehead atoms. The molecule has 0 radical (unpaired) electrons. The number of benzene rings is 2. The van der Waals surface area contributed by atoms with E-state index in [1.54, 1.807) is 0 Å². The van der Waals surface area contributed by atoms with Crippen LogP contribution in [0.4, 0.5) is 8.78 Å². The van der Waals surface area contributed by atoms with Crippen LogP contribution >= 0.6 is 0 Å². The topological polar surface area (TPSA) is 16.8 Å². The number of nitrogens with zero attached hydrogens (tertiary/aromatic N) is 2. The summed E-state index contributed by atoms with van der Waals surface area (Å²) in [6, 6.07) is 10.3. The Kier molecular flexibility index (Phi) is 4.25. The summed E-state index contributed by atoms with van der Waals surface area (Å²) in [6.45, 7) is 6.33. The minimum atomic E-state index is -2.53. The fraction of sp³-hybridized carbons (Fsp3) is 0.391. The van der Waals surface area contributed by atoms with Gasteiger partial charge in [0.2, 0.25) is 5.92 Å². The van der Waals surface area contributed by atoms with Crippen molar-refractivity contribution in [1.29, 1.82) is 0 Å². The van der Waals surface area contributed by atoms with E-state index < -0.39 is 5.92 Å². The second-order valence-electron chi connectivity index (χ2n) is 8.04. The number of halogens is 2. The fourth-order valence-electron chi connectivity index (χ4n) is 4.24. The summed E-state index contributed by atoms with van der Waals surface area (Å²) in [7, 11) is 2.00. The molecule has 0 N–H and O–H groups in total. The van der Waals surface area contributed by atoms with Gasteiger partial charge >= 0.3 is 5.82 Å². The summed E-state index contributed by atoms with van der Waals surface area (Å²) in [4.78, 5) is 4.93. The molecule has 1 heterocycles. The van der Waals surface area contributed by atoms with Gasteiger partial charge in [-0.25, -0.2) is 13.3 Å². The van der Waals surface area contributed by atoms with E-state index in [4.69, 9.17) is 4.98 Å². The summed E-state index contributed by atoms with van der Waals surface area (Å²) in [5.41, 5.74) is 6.63. The van der Waals surface area contributed by atoms with Crippen LogP contribution in [-0.4, -0.2) is 10.9 Å². The normalized spacial score (nSPS) is 19.0. The highest BCUT2D eigenvalue weighted by Gasteiger charge is 2.40. The van der Waals surface area contributed by atoms with Crippen LogP contribution in [0.15, 0.2) is 36.5 Å². The van der Waals surface area contributed by atoms with Gasteiger partial charge in [0.15, 0.2) is 5.52 Å². The summed E-state index contributed by atoms with van der Waals surface area (Å²) in [5.74, 6) is -1.70. The molecule has 1 atom stereocenters. The first-order valence-corrected chi connectivity index (χ1v) is 9.50. The number of hydrogen-bond donors (Lipinski definition) is 0. The zero-order valence-corrected chi connectivity index (χ0v) is 16.3. The van der Waals surface area contributed by atoms with Crippen molar-refractivity contribution in [3.05, 3.63) is 58.8 Å². The van der Waals surface area contributed by atoms with Gasteiger partial charge in [0, 0.05) is 12.8 Å². The molecule has 27 heavy (non-hydrogen) atoms. The van der Waals surface area contributed by atoms with Crippen molar-refractivity contribution in [2.24, 2.45) is 7.05 Å². The van der Waals surface area contributed by atoms with Crippen molar-refractivity contribution in [1.82, 2.24) is 4.98 Å². The molecule has 3 aromatic rings. The van der Waals surface area contributed by atoms with Crippen molar-refractivity contribution in [3.8, 4) is 11.4 Å². The molecule has 2 nitrogen and oxygen atoms in total. The maximum atomic E-state index is 13.6. The van der Waals surface area contributed by atoms with Gasteiger partial charge in [0.25, 0.3) is 0 Å². The molecule has 0 amide bonds. The Morgan fingerprint density at radius 1 is 1.11 bits per heavy atom. The van der Waals surface area contributed by atoms with Crippen LogP contribution in [0.25, 0.3) is 22.3 Å². The third-order valence-electron chi connectivity index (χ3n) is 5.88. The van der Waals surface area contributed by atoms with Crippen molar-refractivity contribution in [2.75, 3.05) is 0 Å². The van der Waals surface area contributed by atoms with E-state index in [0.29, 0.717) is 6.42 Å². The highest BCUT2D eigenvalue weighted by Crippen LogP contribution is 2.44. The smallest absolute Gasteiger partial charge is 0.232 e. The number of alkyl halides is 2. The van der Waals surface area contributed by atoms with Crippen LogP contribution in [0.1, 0.15) is 47.4 Å². The Bertz CT molecular complexity index is 1040. The van der Waals surface area contributed by atoms with Crippen molar-refractivity contribution >= 4 is 10.9 Å². The second-order valence-corrected chi connectivity index (χ2v) is 8.04. The van der Waals surface area contributed by atoms with Crippen LogP contribution in [0, 0.1) is 20.8 Å². The molecule has 0 saturated heterocycles. The van der Waals surface area contributed by atoms with Gasteiger partial charge in [-0.15, -0.1) is 0 Å². The molecule has 1 aliphatic carbocycles. The lowest BCUT2D eigenvalue weighted by atomic mass is 9.96. The van der Waals surface area contributed by atoms with Gasteiger partial charge in [-0.3, -0.25) is 0 Å². The molecule has 140 valence electrons. The zero-order valence-electron chi connectivity index (χ0n) is 16.3. The first kappa shape index (κ1) is 18.0. The van der Waals surface area contributed by atoms with E-state index in [-0.39, 0.29) is 18.8 Å². The van der Waals surface area contributed by atoms with Crippen LogP contribution in [0.2, 0.25) is 0 Å². The first-order valence-electron chi connectivity index (χ1n) is 9.50. The van der Waals surface area contributed by atoms with Crippen LogP contribution in [0.5, 0.6) is 0 Å². The standard InChI is InChI=1S/C23H25F2N2/c1-14-9-15(2)16(3)20(10-14)22-26-21-11-17(5-6-19(21)13-27(22)4)18-7-8-23(24,25)12-18/h5-6,9-11,13,18H,7-8,12H2,1-4H3/q+1. The highest BCUT2D eigenvalue weighted by atomic mass is 19.3. The molecule has 1 fully saturated rings. The SMILES string of the molecule is Cc1cc(C)c(C)c(-c2nc3cc(C4CCC(F)(F)C4)ccc3c[n+]2C)c1. The summed E-state index contributed by atoms with van der Waals surface area (Å²) in [6.07, 6.45) is 2.55. The number of aromatic nitrogens is 2. The lowest BCUT2D eigenvalue weighted by Gasteiger charge is -2.12. The van der Waals surface area contributed by atoms with Gasteiger partial charge in [-0.1, -0.05) is 12.1 Å². The molecule has 2 aromatic carbocycles. The van der Waals surface area contributed by atoms with E-state index in [9.17, 15) is 8.78 Å². The molecule has 0 aliphatic heterocycles. The van der Waals surface area contributed by atoms with Crippen LogP contribution in [0.3, 0.4) is 0 Å². The van der Waals surface area contributed by atoms with Crippen LogP contribution in [-0.2, 0) is 7.05 Å². The zero-order chi connectivity index (χ0) is 19.3. The van der Waals surface area contributed by atoms with Gasteiger partial charge in [0.05, 0.1) is 18.0 Å². The fourth-order valence-corrected chi connectivity index (χ4v) is 4.24. The van der Waals surface area contributed by atoms with Crippen molar-refractivity contribution in [3.63, 3.8) is 0 Å². The largest absolute Gasteiger partial charge is 0.331 e. The van der Waals surface area contributed by atoms with Gasteiger partial charge in [-0.2, -0.15) is 0 Å². The average Bonchev–Trinajstić information content (AvgIpc) is 2.97. The molecule has 1 saturated carbocycles. The second kappa shape index (κ2) is 6.36. The monoisotopic (exact) mass is 367 g/mol. The molecule has 4 rings (SSSR count). The van der Waals surface area contributed by atoms with Crippen molar-refractivity contribution in [2.45, 2.75) is 51.9 Å². The lowest BCUT2D eigenvalue weighted by molar-refractivity contribution is -0.661. The molecule has 4 heteroatoms. The van der Waals surface area contributed by atoms with E-state index in [0.717, 1.165) is 27.9 Å². The predicted octanol–water partition coefficient (Wildman–Crippen LogP) is 5.55. The Hall–Kier alpha value is -2.36. The van der Waals surface area contributed by atoms with E-state index in [1.165, 1.54) is 16.7 Å². The minimum Gasteiger partial charge on any atom is -0.232 e. The lowest BCUT2D eigenvalue weighted by Crippen LogP contribution is -2.32. The van der Waals surface area contributed by atoms with Crippen molar-refractivity contribution < 1.29 is 13.3 Å². The van der Waals surface area contributed by atoms with E-state index in [2.05, 4.69) is 39.1 Å². The first-order chi connectivity index (χ1) is 12.7. The Balaban J connectivity index is 1.83. The Morgan fingerprint density at radius 2 is 1.89 bits per heavy atom. The van der Waals surface area contributed by atoms with Gasteiger partial charge < -0.3 is 0 Å². The highest BCUT2D eigenvalue weighted by molar-refractivity contribution is 5.79.